The number of benzene rings is 1. The highest BCUT2D eigenvalue weighted by atomic mass is 19.1. The molecule has 0 bridgehead atoms. The Kier molecular flexibility index (Phi) is 3.23. The van der Waals surface area contributed by atoms with E-state index in [-0.39, 0.29) is 12.0 Å². The lowest BCUT2D eigenvalue weighted by atomic mass is 10.00. The van der Waals surface area contributed by atoms with Gasteiger partial charge in [-0.05, 0) is 23.3 Å². The quantitative estimate of drug-likeness (QED) is 0.868. The predicted molar refractivity (Wildman–Crippen MR) is 63.8 cm³/mol. The van der Waals surface area contributed by atoms with Crippen LogP contribution in [0.15, 0.2) is 41.3 Å². The number of carbonyl (C=O) groups is 1. The van der Waals surface area contributed by atoms with E-state index in [1.807, 2.05) is 0 Å². The van der Waals surface area contributed by atoms with Crippen LogP contribution in [0.25, 0.3) is 11.1 Å². The van der Waals surface area contributed by atoms with Gasteiger partial charge in [-0.15, -0.1) is 0 Å². The number of hydrogen-bond acceptors (Lipinski definition) is 2. The van der Waals surface area contributed by atoms with E-state index in [0.29, 0.717) is 16.7 Å². The first-order chi connectivity index (χ1) is 8.56. The van der Waals surface area contributed by atoms with Crippen molar-refractivity contribution < 1.29 is 14.3 Å². The van der Waals surface area contributed by atoms with Gasteiger partial charge in [0.05, 0.1) is 6.42 Å². The molecule has 2 N–H and O–H groups in total. The van der Waals surface area contributed by atoms with Crippen LogP contribution >= 0.6 is 0 Å². The van der Waals surface area contributed by atoms with Gasteiger partial charge < -0.3 is 10.1 Å². The van der Waals surface area contributed by atoms with Crippen LogP contribution in [0.2, 0.25) is 0 Å². The maximum Gasteiger partial charge on any atom is 0.307 e. The highest BCUT2D eigenvalue weighted by molar-refractivity contribution is 5.76. The molecule has 18 heavy (non-hydrogen) atoms. The Morgan fingerprint density at radius 2 is 2.11 bits per heavy atom. The Morgan fingerprint density at radius 1 is 1.33 bits per heavy atom. The first-order valence-corrected chi connectivity index (χ1v) is 5.25. The maximum absolute atomic E-state index is 13.1. The molecule has 2 aromatic rings. The van der Waals surface area contributed by atoms with Gasteiger partial charge >= 0.3 is 5.97 Å². The first-order valence-electron chi connectivity index (χ1n) is 5.25. The molecule has 1 heterocycles. The number of pyridine rings is 1. The van der Waals surface area contributed by atoms with Crippen molar-refractivity contribution in [1.82, 2.24) is 4.98 Å². The Labute approximate surface area is 102 Å². The summed E-state index contributed by atoms with van der Waals surface area (Å²) in [4.78, 5) is 24.4. The zero-order chi connectivity index (χ0) is 13.1. The summed E-state index contributed by atoms with van der Waals surface area (Å²) in [5.74, 6) is -1.46. The highest BCUT2D eigenvalue weighted by Gasteiger charge is 2.10. The van der Waals surface area contributed by atoms with Gasteiger partial charge in [-0.25, -0.2) is 4.39 Å². The van der Waals surface area contributed by atoms with Crippen LogP contribution in [0.1, 0.15) is 5.56 Å². The number of halogens is 1. The number of aromatic nitrogens is 1. The van der Waals surface area contributed by atoms with E-state index in [1.54, 1.807) is 6.07 Å². The van der Waals surface area contributed by atoms with Gasteiger partial charge in [0.15, 0.2) is 0 Å². The minimum absolute atomic E-state index is 0.282. The average molecular weight is 247 g/mol. The molecular formula is C13H10FNO3. The first kappa shape index (κ1) is 12.0. The van der Waals surface area contributed by atoms with Crippen LogP contribution in [-0.4, -0.2) is 16.1 Å². The molecular weight excluding hydrogens is 237 g/mol. The van der Waals surface area contributed by atoms with Crippen molar-refractivity contribution in [2.45, 2.75) is 6.42 Å². The normalized spacial score (nSPS) is 10.3. The van der Waals surface area contributed by atoms with Crippen molar-refractivity contribution in [3.63, 3.8) is 0 Å². The second kappa shape index (κ2) is 4.83. The van der Waals surface area contributed by atoms with Crippen molar-refractivity contribution >= 4 is 5.97 Å². The van der Waals surface area contributed by atoms with Gasteiger partial charge in [0.2, 0.25) is 5.56 Å². The fourth-order valence-electron chi connectivity index (χ4n) is 1.75. The van der Waals surface area contributed by atoms with E-state index in [2.05, 4.69) is 4.98 Å². The van der Waals surface area contributed by atoms with Crippen LogP contribution in [0, 0.1) is 5.82 Å². The van der Waals surface area contributed by atoms with E-state index >= 15 is 0 Å². The topological polar surface area (TPSA) is 70.2 Å². The third-order valence-electron chi connectivity index (χ3n) is 2.49. The lowest BCUT2D eigenvalue weighted by molar-refractivity contribution is -0.136. The Hall–Kier alpha value is -2.43. The van der Waals surface area contributed by atoms with Gasteiger partial charge in [-0.3, -0.25) is 9.59 Å². The molecule has 5 heteroatoms. The van der Waals surface area contributed by atoms with E-state index < -0.39 is 11.8 Å². The second-order valence-electron chi connectivity index (χ2n) is 3.82. The number of H-pyrrole nitrogens is 1. The number of rotatable bonds is 3. The molecule has 0 fully saturated rings. The van der Waals surface area contributed by atoms with Crippen LogP contribution in [0.5, 0.6) is 0 Å². The number of hydrogen-bond donors (Lipinski definition) is 2. The molecule has 0 aliphatic rings. The monoisotopic (exact) mass is 247 g/mol. The molecule has 0 aliphatic carbocycles. The predicted octanol–water partition coefficient (Wildman–Crippen LogP) is 1.81. The summed E-state index contributed by atoms with van der Waals surface area (Å²) < 4.78 is 13.1. The summed E-state index contributed by atoms with van der Waals surface area (Å²) >= 11 is 0. The molecule has 0 amide bonds. The Bertz CT molecular complexity index is 649. The molecule has 0 aliphatic heterocycles. The molecule has 0 saturated heterocycles. The Balaban J connectivity index is 2.56. The molecule has 0 spiro atoms. The molecule has 0 unspecified atom stereocenters. The number of carboxylic acids is 1. The van der Waals surface area contributed by atoms with Crippen LogP contribution in [0.4, 0.5) is 4.39 Å². The van der Waals surface area contributed by atoms with Gasteiger partial charge in [-0.1, -0.05) is 12.1 Å². The summed E-state index contributed by atoms with van der Waals surface area (Å²) in [6.45, 7) is 0. The molecule has 2 rings (SSSR count). The molecule has 4 nitrogen and oxygen atoms in total. The SMILES string of the molecule is O=C(O)Cc1cc(=O)[nH]cc1-c1cccc(F)c1. The van der Waals surface area contributed by atoms with Gasteiger partial charge in [0, 0.05) is 17.8 Å². The minimum Gasteiger partial charge on any atom is -0.481 e. The standard InChI is InChI=1S/C13H10FNO3/c14-10-3-1-2-8(4-10)11-7-15-12(16)5-9(11)6-13(17)18/h1-5,7H,6H2,(H,15,16)(H,17,18). The van der Waals surface area contributed by atoms with E-state index in [1.165, 1.54) is 30.5 Å². The summed E-state index contributed by atoms with van der Waals surface area (Å²) in [6.07, 6.45) is 1.12. The fraction of sp³-hybridized carbons (Fsp3) is 0.0769. The number of aromatic amines is 1. The van der Waals surface area contributed by atoms with Crippen LogP contribution in [-0.2, 0) is 11.2 Å². The summed E-state index contributed by atoms with van der Waals surface area (Å²) in [7, 11) is 0. The van der Waals surface area contributed by atoms with Crippen molar-refractivity contribution in [2.75, 3.05) is 0 Å². The van der Waals surface area contributed by atoms with Gasteiger partial charge in [-0.2, -0.15) is 0 Å². The number of nitrogens with one attached hydrogen (secondary N) is 1. The zero-order valence-electron chi connectivity index (χ0n) is 9.31. The molecule has 0 radical (unpaired) electrons. The second-order valence-corrected chi connectivity index (χ2v) is 3.82. The highest BCUT2D eigenvalue weighted by Crippen LogP contribution is 2.22. The van der Waals surface area contributed by atoms with E-state index in [0.717, 1.165) is 0 Å². The summed E-state index contributed by atoms with van der Waals surface area (Å²) in [5.41, 5.74) is 1.02. The van der Waals surface area contributed by atoms with E-state index in [9.17, 15) is 14.0 Å². The number of carboxylic acid groups (broad SMARTS) is 1. The summed E-state index contributed by atoms with van der Waals surface area (Å²) in [5, 5.41) is 8.80. The largest absolute Gasteiger partial charge is 0.481 e. The maximum atomic E-state index is 13.1. The third-order valence-corrected chi connectivity index (χ3v) is 2.49. The molecule has 1 aromatic heterocycles. The zero-order valence-corrected chi connectivity index (χ0v) is 9.31. The summed E-state index contributed by atoms with van der Waals surface area (Å²) in [6, 6.07) is 6.99. The van der Waals surface area contributed by atoms with Crippen molar-refractivity contribution in [3.05, 3.63) is 58.3 Å². The van der Waals surface area contributed by atoms with E-state index in [4.69, 9.17) is 5.11 Å². The van der Waals surface area contributed by atoms with Crippen LogP contribution < -0.4 is 5.56 Å². The average Bonchev–Trinajstić information content (AvgIpc) is 2.28. The van der Waals surface area contributed by atoms with Crippen molar-refractivity contribution in [3.8, 4) is 11.1 Å². The molecule has 0 saturated carbocycles. The molecule has 0 atom stereocenters. The molecule has 92 valence electrons. The Morgan fingerprint density at radius 3 is 2.78 bits per heavy atom. The molecule has 1 aromatic carbocycles. The van der Waals surface area contributed by atoms with Gasteiger partial charge in [0.25, 0.3) is 0 Å². The minimum atomic E-state index is -1.04. The third kappa shape index (κ3) is 2.63. The smallest absolute Gasteiger partial charge is 0.307 e. The lowest BCUT2D eigenvalue weighted by Crippen LogP contribution is -2.10. The van der Waals surface area contributed by atoms with Crippen molar-refractivity contribution in [1.29, 1.82) is 0 Å². The van der Waals surface area contributed by atoms with Crippen LogP contribution in [0.3, 0.4) is 0 Å². The number of aliphatic carboxylic acids is 1. The fourth-order valence-corrected chi connectivity index (χ4v) is 1.75. The van der Waals surface area contributed by atoms with Gasteiger partial charge in [0.1, 0.15) is 5.82 Å². The van der Waals surface area contributed by atoms with Crippen molar-refractivity contribution in [2.24, 2.45) is 0 Å². The lowest BCUT2D eigenvalue weighted by Gasteiger charge is -2.07.